The molecular formula is C17H29ClN2O4. The predicted octanol–water partition coefficient (Wildman–Crippen LogP) is 2.63. The molecule has 0 heterocycles. The number of nitrogens with two attached hydrogens (primary N) is 1. The fourth-order valence-electron chi connectivity index (χ4n) is 2.64. The van der Waals surface area contributed by atoms with E-state index in [1.165, 1.54) is 21.3 Å². The van der Waals surface area contributed by atoms with Crippen molar-refractivity contribution in [3.63, 3.8) is 0 Å². The molecule has 0 saturated heterocycles. The van der Waals surface area contributed by atoms with Crippen LogP contribution in [0.2, 0.25) is 0 Å². The zero-order valence-electron chi connectivity index (χ0n) is 15.3. The van der Waals surface area contributed by atoms with Crippen LogP contribution in [-0.4, -0.2) is 39.3 Å². The van der Waals surface area contributed by atoms with E-state index in [9.17, 15) is 4.79 Å². The Morgan fingerprint density at radius 3 is 2.00 bits per heavy atom. The van der Waals surface area contributed by atoms with Crippen LogP contribution in [0.4, 0.5) is 0 Å². The maximum Gasteiger partial charge on any atom is 0.252 e. The first-order valence-corrected chi connectivity index (χ1v) is 7.62. The van der Waals surface area contributed by atoms with Crippen LogP contribution in [0.1, 0.15) is 37.6 Å². The van der Waals surface area contributed by atoms with Gasteiger partial charge in [-0.25, -0.2) is 0 Å². The molecule has 7 heteroatoms. The van der Waals surface area contributed by atoms with Crippen molar-refractivity contribution in [2.45, 2.75) is 32.7 Å². The molecule has 0 fully saturated rings. The van der Waals surface area contributed by atoms with Crippen molar-refractivity contribution in [3.05, 3.63) is 17.7 Å². The van der Waals surface area contributed by atoms with Gasteiger partial charge in [-0.2, -0.15) is 0 Å². The van der Waals surface area contributed by atoms with Crippen molar-refractivity contribution in [3.8, 4) is 17.2 Å². The Hall–Kier alpha value is -1.66. The number of nitrogens with one attached hydrogen (secondary N) is 1. The van der Waals surface area contributed by atoms with Gasteiger partial charge in [0.1, 0.15) is 0 Å². The van der Waals surface area contributed by atoms with Gasteiger partial charge in [0, 0.05) is 17.6 Å². The first kappa shape index (κ1) is 22.3. The number of hydrogen-bond acceptors (Lipinski definition) is 5. The van der Waals surface area contributed by atoms with Gasteiger partial charge in [0.25, 0.3) is 5.91 Å². The van der Waals surface area contributed by atoms with E-state index in [-0.39, 0.29) is 18.3 Å². The summed E-state index contributed by atoms with van der Waals surface area (Å²) in [5.41, 5.74) is 5.82. The maximum atomic E-state index is 12.6. The van der Waals surface area contributed by atoms with Gasteiger partial charge >= 0.3 is 0 Å². The van der Waals surface area contributed by atoms with E-state index in [0.717, 1.165) is 6.42 Å². The van der Waals surface area contributed by atoms with Crippen LogP contribution in [0.5, 0.6) is 17.2 Å². The summed E-state index contributed by atoms with van der Waals surface area (Å²) >= 11 is 0. The minimum Gasteiger partial charge on any atom is -0.493 e. The lowest BCUT2D eigenvalue weighted by Gasteiger charge is -2.31. The number of rotatable bonds is 8. The number of halogens is 1. The second kappa shape index (κ2) is 9.59. The standard InChI is InChI=1S/C17H28N2O4.ClH/c1-11(2)9-17(3,10-18)19-16(20)12-7-13(21-4)15(23-6)14(8-12)22-5;/h7-8,11H,9-10,18H2,1-6H3,(H,19,20);1H. The van der Waals surface area contributed by atoms with Gasteiger partial charge < -0.3 is 25.3 Å². The van der Waals surface area contributed by atoms with Crippen molar-refractivity contribution in [1.29, 1.82) is 0 Å². The Bertz CT molecular complexity index is 526. The second-order valence-corrected chi connectivity index (χ2v) is 6.23. The van der Waals surface area contributed by atoms with E-state index >= 15 is 0 Å². The van der Waals surface area contributed by atoms with Gasteiger partial charge in [-0.15, -0.1) is 12.4 Å². The highest BCUT2D eigenvalue weighted by molar-refractivity contribution is 5.96. The third kappa shape index (κ3) is 5.46. The molecule has 0 aliphatic carbocycles. The number of hydrogen-bond donors (Lipinski definition) is 2. The lowest BCUT2D eigenvalue weighted by molar-refractivity contribution is 0.0897. The first-order chi connectivity index (χ1) is 10.8. The third-order valence-electron chi connectivity index (χ3n) is 3.65. The summed E-state index contributed by atoms with van der Waals surface area (Å²) in [7, 11) is 4.55. The Morgan fingerprint density at radius 2 is 1.67 bits per heavy atom. The molecule has 0 bridgehead atoms. The highest BCUT2D eigenvalue weighted by atomic mass is 35.5. The lowest BCUT2D eigenvalue weighted by Crippen LogP contribution is -2.52. The number of benzene rings is 1. The summed E-state index contributed by atoms with van der Waals surface area (Å²) in [6.07, 6.45) is 0.791. The molecule has 0 radical (unpaired) electrons. The molecule has 1 aromatic carbocycles. The SMILES string of the molecule is COc1cc(C(=O)NC(C)(CN)CC(C)C)cc(OC)c1OC.Cl. The summed E-state index contributed by atoms with van der Waals surface area (Å²) in [6.45, 7) is 6.50. The van der Waals surface area contributed by atoms with Crippen LogP contribution in [0.15, 0.2) is 12.1 Å². The fraction of sp³-hybridized carbons (Fsp3) is 0.588. The predicted molar refractivity (Wildman–Crippen MR) is 97.7 cm³/mol. The molecule has 1 aromatic rings. The first-order valence-electron chi connectivity index (χ1n) is 7.62. The van der Waals surface area contributed by atoms with E-state index in [2.05, 4.69) is 19.2 Å². The number of carbonyl (C=O) groups is 1. The van der Waals surface area contributed by atoms with Crippen LogP contribution >= 0.6 is 12.4 Å². The zero-order chi connectivity index (χ0) is 17.6. The van der Waals surface area contributed by atoms with Gasteiger partial charge in [-0.1, -0.05) is 13.8 Å². The third-order valence-corrected chi connectivity index (χ3v) is 3.65. The van der Waals surface area contributed by atoms with Crippen molar-refractivity contribution >= 4 is 18.3 Å². The minimum atomic E-state index is -0.467. The van der Waals surface area contributed by atoms with Gasteiger partial charge in [0.2, 0.25) is 5.75 Å². The van der Waals surface area contributed by atoms with E-state index < -0.39 is 5.54 Å². The van der Waals surface area contributed by atoms with Crippen molar-refractivity contribution < 1.29 is 19.0 Å². The second-order valence-electron chi connectivity index (χ2n) is 6.23. The van der Waals surface area contributed by atoms with E-state index in [0.29, 0.717) is 35.3 Å². The van der Waals surface area contributed by atoms with Gasteiger partial charge in [0.15, 0.2) is 11.5 Å². The number of carbonyl (C=O) groups excluding carboxylic acids is 1. The Balaban J connectivity index is 0.00000529. The Morgan fingerprint density at radius 1 is 1.17 bits per heavy atom. The van der Waals surface area contributed by atoms with Gasteiger partial charge in [-0.05, 0) is 31.4 Å². The van der Waals surface area contributed by atoms with E-state index in [1.54, 1.807) is 12.1 Å². The highest BCUT2D eigenvalue weighted by Gasteiger charge is 2.27. The molecule has 0 aliphatic heterocycles. The average molecular weight is 361 g/mol. The molecule has 0 saturated carbocycles. The molecule has 1 atom stereocenters. The van der Waals surface area contributed by atoms with Crippen LogP contribution in [0.3, 0.4) is 0 Å². The van der Waals surface area contributed by atoms with Crippen molar-refractivity contribution in [2.24, 2.45) is 11.7 Å². The Kier molecular flexibility index (Phi) is 8.93. The molecule has 6 nitrogen and oxygen atoms in total. The van der Waals surface area contributed by atoms with Crippen LogP contribution in [0, 0.1) is 5.92 Å². The molecule has 0 spiro atoms. The molecule has 0 aromatic heterocycles. The minimum absolute atomic E-state index is 0. The van der Waals surface area contributed by atoms with Crippen molar-refractivity contribution in [2.75, 3.05) is 27.9 Å². The summed E-state index contributed by atoms with van der Waals surface area (Å²) in [4.78, 5) is 12.6. The normalized spacial score (nSPS) is 12.8. The lowest BCUT2D eigenvalue weighted by atomic mass is 9.90. The molecular weight excluding hydrogens is 332 g/mol. The highest BCUT2D eigenvalue weighted by Crippen LogP contribution is 2.38. The molecule has 138 valence electrons. The molecule has 0 aliphatic rings. The number of ether oxygens (including phenoxy) is 3. The molecule has 1 amide bonds. The fourth-order valence-corrected chi connectivity index (χ4v) is 2.64. The Labute approximate surface area is 150 Å². The maximum absolute atomic E-state index is 12.6. The van der Waals surface area contributed by atoms with E-state index in [4.69, 9.17) is 19.9 Å². The summed E-state index contributed by atoms with van der Waals surface area (Å²) in [5, 5.41) is 3.01. The number of amides is 1. The summed E-state index contributed by atoms with van der Waals surface area (Å²) in [5.74, 6) is 1.53. The topological polar surface area (TPSA) is 82.8 Å². The molecule has 1 unspecified atom stereocenters. The zero-order valence-corrected chi connectivity index (χ0v) is 16.1. The molecule has 3 N–H and O–H groups in total. The average Bonchev–Trinajstić information content (AvgIpc) is 2.52. The largest absolute Gasteiger partial charge is 0.493 e. The molecule has 24 heavy (non-hydrogen) atoms. The van der Waals surface area contributed by atoms with Crippen LogP contribution < -0.4 is 25.3 Å². The van der Waals surface area contributed by atoms with E-state index in [1.807, 2.05) is 6.92 Å². The summed E-state index contributed by atoms with van der Waals surface area (Å²) < 4.78 is 15.8. The molecule has 1 rings (SSSR count). The van der Waals surface area contributed by atoms with Gasteiger partial charge in [0.05, 0.1) is 21.3 Å². The number of methoxy groups -OCH3 is 3. The monoisotopic (exact) mass is 360 g/mol. The van der Waals surface area contributed by atoms with Crippen LogP contribution in [0.25, 0.3) is 0 Å². The van der Waals surface area contributed by atoms with Gasteiger partial charge in [-0.3, -0.25) is 4.79 Å². The summed E-state index contributed by atoms with van der Waals surface area (Å²) in [6, 6.07) is 3.26. The van der Waals surface area contributed by atoms with Crippen LogP contribution in [-0.2, 0) is 0 Å². The quantitative estimate of drug-likeness (QED) is 0.744. The van der Waals surface area contributed by atoms with Crippen molar-refractivity contribution in [1.82, 2.24) is 5.32 Å². The smallest absolute Gasteiger partial charge is 0.252 e.